The lowest BCUT2D eigenvalue weighted by Crippen LogP contribution is -1.86. The number of nitriles is 2. The molecule has 0 spiro atoms. The maximum absolute atomic E-state index is 10.2. The van der Waals surface area contributed by atoms with E-state index < -0.39 is 0 Å². The lowest BCUT2D eigenvalue weighted by atomic mass is 10.0. The Morgan fingerprint density at radius 2 is 1.00 bits per heavy atom. The van der Waals surface area contributed by atoms with Gasteiger partial charge in [0.2, 0.25) is 0 Å². The van der Waals surface area contributed by atoms with Gasteiger partial charge in [-0.3, -0.25) is 0 Å². The highest BCUT2D eigenvalue weighted by atomic mass is 16.3. The number of furan rings is 2. The molecule has 5 nitrogen and oxygen atoms in total. The summed E-state index contributed by atoms with van der Waals surface area (Å²) in [6, 6.07) is 30.6. The van der Waals surface area contributed by atoms with E-state index in [-0.39, 0.29) is 0 Å². The molecule has 4 heterocycles. The SMILES string of the molecule is N#Cc1cc2c(c3cccc4c5c6oc7ccccc7c6c(C#N)cc5n2c34)c2oc3ccccc3c12. The number of hydrogen-bond acceptors (Lipinski definition) is 4. The molecule has 0 radical (unpaired) electrons. The minimum Gasteiger partial charge on any atom is -0.455 e. The zero-order chi connectivity index (χ0) is 24.4. The molecule has 5 heteroatoms. The number of benzene rings is 5. The van der Waals surface area contributed by atoms with Crippen LogP contribution < -0.4 is 0 Å². The molecular weight excluding hydrogens is 458 g/mol. The van der Waals surface area contributed by atoms with E-state index in [9.17, 15) is 10.5 Å². The molecule has 0 N–H and O–H groups in total. The van der Waals surface area contributed by atoms with Gasteiger partial charge in [-0.2, -0.15) is 10.5 Å². The summed E-state index contributed by atoms with van der Waals surface area (Å²) in [5.41, 5.74) is 6.85. The summed E-state index contributed by atoms with van der Waals surface area (Å²) in [7, 11) is 0. The van der Waals surface area contributed by atoms with Gasteiger partial charge < -0.3 is 13.2 Å². The Balaban J connectivity index is 1.62. The average Bonchev–Trinajstić information content (AvgIpc) is 3.67. The Bertz CT molecular complexity index is 2370. The molecule has 0 aliphatic heterocycles. The standard InChI is InChI=1S/C32H13N3O2/c33-14-16-12-22-28(31-26(16)18-6-1-3-10-24(18)36-31)20-8-5-9-21-29-23(35(22)30(20)21)13-17(15-34)27-19-7-2-4-11-25(19)37-32(27)29/h1-13H. The summed E-state index contributed by atoms with van der Waals surface area (Å²) in [4.78, 5) is 0. The highest BCUT2D eigenvalue weighted by Gasteiger charge is 2.26. The molecule has 37 heavy (non-hydrogen) atoms. The number of hydrogen-bond donors (Lipinski definition) is 0. The summed E-state index contributed by atoms with van der Waals surface area (Å²) in [6.45, 7) is 0. The van der Waals surface area contributed by atoms with E-state index in [4.69, 9.17) is 8.83 Å². The Hall–Kier alpha value is -5.52. The lowest BCUT2D eigenvalue weighted by Gasteiger charge is -2.02. The number of para-hydroxylation sites is 3. The highest BCUT2D eigenvalue weighted by molar-refractivity contribution is 6.34. The van der Waals surface area contributed by atoms with Crippen molar-refractivity contribution in [1.29, 1.82) is 10.5 Å². The van der Waals surface area contributed by atoms with Gasteiger partial charge in [-0.15, -0.1) is 0 Å². The predicted octanol–water partition coefficient (Wildman–Crippen LogP) is 8.38. The maximum Gasteiger partial charge on any atom is 0.146 e. The van der Waals surface area contributed by atoms with Crippen LogP contribution in [0.15, 0.2) is 87.7 Å². The minimum absolute atomic E-state index is 0.562. The van der Waals surface area contributed by atoms with Crippen LogP contribution in [-0.4, -0.2) is 4.40 Å². The summed E-state index contributed by atoms with van der Waals surface area (Å²) in [5, 5.41) is 27.9. The Morgan fingerprint density at radius 1 is 0.541 bits per heavy atom. The summed E-state index contributed by atoms with van der Waals surface area (Å²) < 4.78 is 15.0. The van der Waals surface area contributed by atoms with Crippen LogP contribution in [0.4, 0.5) is 0 Å². The summed E-state index contributed by atoms with van der Waals surface area (Å²) in [6.07, 6.45) is 0. The fraction of sp³-hybridized carbons (Fsp3) is 0. The molecular formula is C32H13N3O2. The van der Waals surface area contributed by atoms with Crippen LogP contribution in [0.25, 0.3) is 82.0 Å². The molecule has 0 saturated carbocycles. The van der Waals surface area contributed by atoms with Crippen LogP contribution in [0.1, 0.15) is 11.1 Å². The maximum atomic E-state index is 10.2. The van der Waals surface area contributed by atoms with Gasteiger partial charge >= 0.3 is 0 Å². The zero-order valence-electron chi connectivity index (χ0n) is 19.2. The molecule has 168 valence electrons. The zero-order valence-corrected chi connectivity index (χ0v) is 19.2. The number of nitrogens with zero attached hydrogens (tertiary/aromatic N) is 3. The second kappa shape index (κ2) is 6.18. The first-order valence-electron chi connectivity index (χ1n) is 12.0. The first kappa shape index (κ1) is 18.8. The van der Waals surface area contributed by atoms with Crippen molar-refractivity contribution < 1.29 is 8.83 Å². The van der Waals surface area contributed by atoms with Gasteiger partial charge in [0.1, 0.15) is 22.3 Å². The molecule has 0 amide bonds. The van der Waals surface area contributed by atoms with E-state index in [1.54, 1.807) is 0 Å². The van der Waals surface area contributed by atoms with Crippen LogP contribution >= 0.6 is 0 Å². The van der Waals surface area contributed by atoms with Crippen LogP contribution in [-0.2, 0) is 0 Å². The number of rotatable bonds is 0. The quantitative estimate of drug-likeness (QED) is 0.222. The Labute approximate surface area is 207 Å². The topological polar surface area (TPSA) is 78.3 Å². The van der Waals surface area contributed by atoms with Gasteiger partial charge in [0.15, 0.2) is 0 Å². The molecule has 0 aliphatic carbocycles. The van der Waals surface area contributed by atoms with Gasteiger partial charge in [0.05, 0.1) is 50.6 Å². The van der Waals surface area contributed by atoms with Crippen LogP contribution in [0.2, 0.25) is 0 Å². The second-order valence-electron chi connectivity index (χ2n) is 9.50. The number of aromatic nitrogens is 1. The summed E-state index contributed by atoms with van der Waals surface area (Å²) >= 11 is 0. The van der Waals surface area contributed by atoms with Crippen molar-refractivity contribution in [3.63, 3.8) is 0 Å². The van der Waals surface area contributed by atoms with Crippen molar-refractivity contribution in [1.82, 2.24) is 4.40 Å². The van der Waals surface area contributed by atoms with E-state index in [0.29, 0.717) is 22.3 Å². The molecule has 0 bridgehead atoms. The fourth-order valence-corrected chi connectivity index (χ4v) is 6.38. The van der Waals surface area contributed by atoms with Crippen molar-refractivity contribution in [2.24, 2.45) is 0 Å². The van der Waals surface area contributed by atoms with Gasteiger partial charge in [-0.1, -0.05) is 54.6 Å². The van der Waals surface area contributed by atoms with E-state index in [1.165, 1.54) is 0 Å². The van der Waals surface area contributed by atoms with E-state index in [0.717, 1.165) is 70.8 Å². The molecule has 9 aromatic rings. The highest BCUT2D eigenvalue weighted by Crippen LogP contribution is 2.47. The normalized spacial score (nSPS) is 12.3. The number of fused-ring (bicyclic) bond motifs is 14. The summed E-state index contributed by atoms with van der Waals surface area (Å²) in [5.74, 6) is 0. The van der Waals surface area contributed by atoms with E-state index >= 15 is 0 Å². The van der Waals surface area contributed by atoms with Crippen molar-refractivity contribution in [2.75, 3.05) is 0 Å². The van der Waals surface area contributed by atoms with Crippen molar-refractivity contribution in [3.8, 4) is 12.1 Å². The Kier molecular flexibility index (Phi) is 3.13. The molecule has 0 aliphatic rings. The van der Waals surface area contributed by atoms with Crippen LogP contribution in [0.5, 0.6) is 0 Å². The molecule has 9 rings (SSSR count). The molecule has 0 fully saturated rings. The lowest BCUT2D eigenvalue weighted by molar-refractivity contribution is 0.672. The fourth-order valence-electron chi connectivity index (χ4n) is 6.38. The molecule has 0 unspecified atom stereocenters. The van der Waals surface area contributed by atoms with Crippen LogP contribution in [0.3, 0.4) is 0 Å². The minimum atomic E-state index is 0.562. The van der Waals surface area contributed by atoms with Gasteiger partial charge in [-0.05, 0) is 24.3 Å². The molecule has 0 atom stereocenters. The Morgan fingerprint density at radius 3 is 1.49 bits per heavy atom. The van der Waals surface area contributed by atoms with E-state index in [1.807, 2.05) is 60.7 Å². The van der Waals surface area contributed by atoms with Crippen molar-refractivity contribution in [3.05, 3.63) is 90.0 Å². The smallest absolute Gasteiger partial charge is 0.146 e. The van der Waals surface area contributed by atoms with E-state index in [2.05, 4.69) is 34.7 Å². The van der Waals surface area contributed by atoms with Crippen molar-refractivity contribution in [2.45, 2.75) is 0 Å². The predicted molar refractivity (Wildman–Crippen MR) is 145 cm³/mol. The molecule has 5 aromatic carbocycles. The van der Waals surface area contributed by atoms with Crippen LogP contribution in [0, 0.1) is 22.7 Å². The molecule has 0 saturated heterocycles. The van der Waals surface area contributed by atoms with Gasteiger partial charge in [0.25, 0.3) is 0 Å². The average molecular weight is 471 g/mol. The molecule has 4 aromatic heterocycles. The first-order valence-corrected chi connectivity index (χ1v) is 12.0. The van der Waals surface area contributed by atoms with Gasteiger partial charge in [-0.25, -0.2) is 0 Å². The third kappa shape index (κ3) is 2.03. The monoisotopic (exact) mass is 471 g/mol. The largest absolute Gasteiger partial charge is 0.455 e. The first-order chi connectivity index (χ1) is 18.3. The van der Waals surface area contributed by atoms with Crippen molar-refractivity contribution >= 4 is 82.0 Å². The second-order valence-corrected chi connectivity index (χ2v) is 9.50. The van der Waals surface area contributed by atoms with Gasteiger partial charge in [0, 0.05) is 32.3 Å². The third-order valence-electron chi connectivity index (χ3n) is 7.78. The third-order valence-corrected chi connectivity index (χ3v) is 7.78.